The molecule has 0 heterocycles. The third kappa shape index (κ3) is 17.9. The van der Waals surface area contributed by atoms with Gasteiger partial charge in [-0.05, 0) is 0 Å². The molecule has 0 aliphatic heterocycles. The molecule has 0 spiro atoms. The van der Waals surface area contributed by atoms with Gasteiger partial charge in [-0.15, -0.1) is 0 Å². The zero-order valence-electron chi connectivity index (χ0n) is 34.9. The molecule has 0 amide bonds. The molecule has 0 atom stereocenters. The normalized spacial score (nSPS) is 12.7. The average molecular weight is 741 g/mol. The zero-order chi connectivity index (χ0) is 37.8. The Balaban J connectivity index is 2.44. The number of unbranched alkanes of at least 4 members (excludes halogenated alkanes) is 24. The molecule has 2 aromatic carbocycles. The van der Waals surface area contributed by atoms with Crippen LogP contribution in [0.1, 0.15) is 230 Å². The molecule has 300 valence electrons. The second-order valence-corrected chi connectivity index (χ2v) is 19.2. The van der Waals surface area contributed by atoms with Crippen LogP contribution >= 0.6 is 7.28 Å². The van der Waals surface area contributed by atoms with Crippen molar-refractivity contribution in [1.29, 1.82) is 0 Å². The standard InChI is InChI=1S/C48H85O3P/c1-5-9-13-17-21-25-29-35-43-41-42-48(52(49,50,51)47-40-34-33-37-44(47)36-30-26-22-18-14-10-6-2)46(39-32-28-24-20-16-12-8-4)45(43)38-31-27-23-19-15-11-7-3/h33-34,37,40-42,49-51H,5-32,35-36,38-39H2,1-4H3. The van der Waals surface area contributed by atoms with Crippen LogP contribution in [0.2, 0.25) is 0 Å². The molecular weight excluding hydrogens is 655 g/mol. The number of rotatable bonds is 34. The Bertz CT molecular complexity index is 1170. The first-order chi connectivity index (χ1) is 25.3. The molecule has 3 nitrogen and oxygen atoms in total. The van der Waals surface area contributed by atoms with E-state index in [4.69, 9.17) is 0 Å². The summed E-state index contributed by atoms with van der Waals surface area (Å²) in [6.45, 7) is 9.08. The zero-order valence-corrected chi connectivity index (χ0v) is 35.8. The van der Waals surface area contributed by atoms with E-state index >= 15 is 0 Å². The van der Waals surface area contributed by atoms with Gasteiger partial charge in [0.1, 0.15) is 0 Å². The van der Waals surface area contributed by atoms with E-state index in [2.05, 4.69) is 33.8 Å². The molecule has 2 aromatic rings. The Morgan fingerprint density at radius 1 is 0.327 bits per heavy atom. The minimum atomic E-state index is -5.41. The predicted molar refractivity (Wildman–Crippen MR) is 233 cm³/mol. The van der Waals surface area contributed by atoms with Crippen LogP contribution in [0.25, 0.3) is 0 Å². The van der Waals surface area contributed by atoms with Gasteiger partial charge < -0.3 is 0 Å². The topological polar surface area (TPSA) is 60.7 Å². The van der Waals surface area contributed by atoms with E-state index in [0.29, 0.717) is 10.6 Å². The van der Waals surface area contributed by atoms with Crippen LogP contribution in [0.5, 0.6) is 0 Å². The maximum absolute atomic E-state index is 12.4. The number of benzene rings is 2. The van der Waals surface area contributed by atoms with Crippen LogP contribution in [0.15, 0.2) is 36.4 Å². The summed E-state index contributed by atoms with van der Waals surface area (Å²) in [6, 6.07) is 11.8. The quantitative estimate of drug-likeness (QED) is 0.0494. The van der Waals surface area contributed by atoms with Gasteiger partial charge in [0.25, 0.3) is 0 Å². The molecule has 0 fully saturated rings. The van der Waals surface area contributed by atoms with Crippen molar-refractivity contribution in [3.63, 3.8) is 0 Å². The molecule has 0 saturated heterocycles. The number of aryl methyl sites for hydroxylation is 2. The fraction of sp³-hybridized carbons (Fsp3) is 0.750. The molecular formula is C48H85O3P. The van der Waals surface area contributed by atoms with Crippen molar-refractivity contribution in [2.45, 2.75) is 233 Å². The molecule has 3 N–H and O–H groups in total. The number of hydrogen-bond donors (Lipinski definition) is 3. The van der Waals surface area contributed by atoms with Gasteiger partial charge in [0.15, 0.2) is 0 Å². The molecule has 52 heavy (non-hydrogen) atoms. The average Bonchev–Trinajstić information content (AvgIpc) is 3.13. The third-order valence-electron chi connectivity index (χ3n) is 11.5. The van der Waals surface area contributed by atoms with Crippen LogP contribution in [-0.2, 0) is 25.7 Å². The van der Waals surface area contributed by atoms with Crippen molar-refractivity contribution in [3.8, 4) is 0 Å². The summed E-state index contributed by atoms with van der Waals surface area (Å²) in [5.74, 6) is 0. The van der Waals surface area contributed by atoms with Gasteiger partial charge in [-0.1, -0.05) is 6.92 Å². The molecule has 4 heteroatoms. The van der Waals surface area contributed by atoms with Gasteiger partial charge in [0.05, 0.1) is 0 Å². The van der Waals surface area contributed by atoms with Crippen molar-refractivity contribution in [1.82, 2.24) is 0 Å². The Kier molecular flexibility index (Phi) is 25.4. The summed E-state index contributed by atoms with van der Waals surface area (Å²) in [5.41, 5.74) is 4.64. The van der Waals surface area contributed by atoms with Crippen LogP contribution in [0.3, 0.4) is 0 Å². The predicted octanol–water partition coefficient (Wildman–Crippen LogP) is 14.1. The molecule has 0 aliphatic rings. The SMILES string of the molecule is CCCCCCCCCc1ccccc1P(O)(O)(O)c1ccc(CCCCCCCCC)c(CCCCCCCCC)c1CCCCCCCCC. The molecule has 0 bridgehead atoms. The van der Waals surface area contributed by atoms with Crippen LogP contribution in [-0.4, -0.2) is 14.7 Å². The van der Waals surface area contributed by atoms with Crippen molar-refractivity contribution in [2.24, 2.45) is 0 Å². The van der Waals surface area contributed by atoms with Gasteiger partial charge in [0.2, 0.25) is 0 Å². The summed E-state index contributed by atoms with van der Waals surface area (Å²) < 4.78 is 0. The van der Waals surface area contributed by atoms with Gasteiger partial charge in [-0.3, -0.25) is 0 Å². The van der Waals surface area contributed by atoms with E-state index in [1.165, 1.54) is 159 Å². The Morgan fingerprint density at radius 3 is 1.12 bits per heavy atom. The molecule has 0 radical (unpaired) electrons. The fourth-order valence-electron chi connectivity index (χ4n) is 8.26. The van der Waals surface area contributed by atoms with Gasteiger partial charge >= 0.3 is 317 Å². The van der Waals surface area contributed by atoms with Gasteiger partial charge in [-0.25, -0.2) is 0 Å². The fourth-order valence-corrected chi connectivity index (χ4v) is 10.7. The Hall–Kier alpha value is -1.25. The molecule has 2 rings (SSSR count). The first kappa shape index (κ1) is 46.9. The second kappa shape index (κ2) is 28.2. The molecule has 0 unspecified atom stereocenters. The van der Waals surface area contributed by atoms with E-state index in [1.807, 2.05) is 24.3 Å². The molecule has 0 saturated carbocycles. The van der Waals surface area contributed by atoms with E-state index < -0.39 is 7.28 Å². The Morgan fingerprint density at radius 2 is 0.673 bits per heavy atom. The summed E-state index contributed by atoms with van der Waals surface area (Å²) in [7, 11) is -5.41. The van der Waals surface area contributed by atoms with Crippen LogP contribution in [0.4, 0.5) is 0 Å². The third-order valence-corrected chi connectivity index (χ3v) is 14.2. The molecule has 0 aliphatic carbocycles. The van der Waals surface area contributed by atoms with Crippen molar-refractivity contribution >= 4 is 17.9 Å². The second-order valence-electron chi connectivity index (χ2n) is 16.3. The summed E-state index contributed by atoms with van der Waals surface area (Å²) in [5, 5.41) is 0.785. The summed E-state index contributed by atoms with van der Waals surface area (Å²) >= 11 is 0. The summed E-state index contributed by atoms with van der Waals surface area (Å²) in [4.78, 5) is 37.3. The van der Waals surface area contributed by atoms with Crippen LogP contribution in [0, 0.1) is 0 Å². The maximum atomic E-state index is 12.4. The first-order valence-electron chi connectivity index (χ1n) is 22.8. The van der Waals surface area contributed by atoms with Crippen molar-refractivity contribution < 1.29 is 14.7 Å². The van der Waals surface area contributed by atoms with Crippen molar-refractivity contribution in [2.75, 3.05) is 0 Å². The summed E-state index contributed by atoms with van der Waals surface area (Å²) in [6.07, 6.45) is 38.4. The van der Waals surface area contributed by atoms with Gasteiger partial charge in [-0.2, -0.15) is 0 Å². The van der Waals surface area contributed by atoms with E-state index in [-0.39, 0.29) is 0 Å². The Labute approximate surface area is 323 Å². The van der Waals surface area contributed by atoms with Crippen molar-refractivity contribution in [3.05, 3.63) is 58.7 Å². The molecule has 0 aromatic heterocycles. The number of hydrogen-bond acceptors (Lipinski definition) is 3. The van der Waals surface area contributed by atoms with Gasteiger partial charge in [0, 0.05) is 0 Å². The van der Waals surface area contributed by atoms with E-state index in [9.17, 15) is 14.7 Å². The van der Waals surface area contributed by atoms with E-state index in [1.54, 1.807) is 6.07 Å². The first-order valence-corrected chi connectivity index (χ1v) is 24.9. The van der Waals surface area contributed by atoms with E-state index in [0.717, 1.165) is 68.9 Å². The minimum absolute atomic E-state index is 0.363. The van der Waals surface area contributed by atoms with Crippen LogP contribution < -0.4 is 10.6 Å². The monoisotopic (exact) mass is 741 g/mol.